The number of hydrogen-bond donors (Lipinski definition) is 0. The molecule has 2 heterocycles. The van der Waals surface area contributed by atoms with E-state index in [2.05, 4.69) is 26.1 Å². The summed E-state index contributed by atoms with van der Waals surface area (Å²) < 4.78 is 52.0. The molecule has 12 heteroatoms. The highest BCUT2D eigenvalue weighted by molar-refractivity contribution is 9.10. The molecule has 8 nitrogen and oxygen atoms in total. The second-order valence-electron chi connectivity index (χ2n) is 10.5. The molecule has 0 aliphatic carbocycles. The number of anilines is 1. The number of hydrogen-bond acceptors (Lipinski definition) is 6. The number of nitrogens with zero attached hydrogens (tertiary/aromatic N) is 4. The van der Waals surface area contributed by atoms with Gasteiger partial charge in [-0.05, 0) is 57.6 Å². The molecule has 1 fully saturated rings. The summed E-state index contributed by atoms with van der Waals surface area (Å²) in [5.41, 5.74) is 2.63. The zero-order chi connectivity index (χ0) is 31.8. The van der Waals surface area contributed by atoms with Crippen molar-refractivity contribution in [3.63, 3.8) is 0 Å². The van der Waals surface area contributed by atoms with Gasteiger partial charge in [0, 0.05) is 24.0 Å². The third-order valence-corrected chi connectivity index (χ3v) is 7.88. The highest BCUT2D eigenvalue weighted by atomic mass is 79.9. The van der Waals surface area contributed by atoms with Crippen LogP contribution in [0.3, 0.4) is 0 Å². The molecule has 1 aliphatic heterocycles. The predicted molar refractivity (Wildman–Crippen MR) is 164 cm³/mol. The van der Waals surface area contributed by atoms with E-state index in [-0.39, 0.29) is 31.3 Å². The van der Waals surface area contributed by atoms with Crippen molar-refractivity contribution < 1.29 is 32.0 Å². The second kappa shape index (κ2) is 14.6. The molecule has 3 aromatic carbocycles. The van der Waals surface area contributed by atoms with E-state index in [1.807, 2.05) is 60.7 Å². The zero-order valence-corrected chi connectivity index (χ0v) is 25.7. The van der Waals surface area contributed by atoms with Gasteiger partial charge in [0.15, 0.2) is 5.82 Å². The molecule has 1 atom stereocenters. The largest absolute Gasteiger partial charge is 0.471 e. The summed E-state index contributed by atoms with van der Waals surface area (Å²) in [6.07, 6.45) is -0.351. The first kappa shape index (κ1) is 32.0. The summed E-state index contributed by atoms with van der Waals surface area (Å²) in [6.45, 7) is 0.229. The highest BCUT2D eigenvalue weighted by Crippen LogP contribution is 2.32. The number of benzene rings is 3. The normalized spacial score (nSPS) is 15.0. The number of rotatable bonds is 10. The number of carbonyl (C=O) groups excluding carboxylic acids is 2. The molecular formula is C33H30BrF3N4O4. The van der Waals surface area contributed by atoms with Gasteiger partial charge in [0.05, 0.1) is 18.2 Å². The minimum absolute atomic E-state index is 0.0477. The molecule has 0 saturated carbocycles. The smallest absolute Gasteiger partial charge is 0.445 e. The Balaban J connectivity index is 1.24. The van der Waals surface area contributed by atoms with E-state index in [4.69, 9.17) is 9.26 Å². The summed E-state index contributed by atoms with van der Waals surface area (Å²) in [7, 11) is 0. The van der Waals surface area contributed by atoms with Crippen molar-refractivity contribution in [3.8, 4) is 0 Å². The summed E-state index contributed by atoms with van der Waals surface area (Å²) in [6, 6.07) is 23.3. The van der Waals surface area contributed by atoms with Crippen LogP contribution in [0.15, 0.2) is 100 Å². The fraction of sp³-hybridized carbons (Fsp3) is 0.273. The van der Waals surface area contributed by atoms with Gasteiger partial charge in [0.2, 0.25) is 5.89 Å². The topological polar surface area (TPSA) is 88.8 Å². The lowest BCUT2D eigenvalue weighted by molar-refractivity contribution is -0.170. The maximum Gasteiger partial charge on any atom is 0.471 e. The van der Waals surface area contributed by atoms with Crippen LogP contribution >= 0.6 is 15.9 Å². The molecule has 4 aromatic rings. The van der Waals surface area contributed by atoms with Crippen LogP contribution in [0, 0.1) is 0 Å². The maximum atomic E-state index is 13.6. The first-order chi connectivity index (χ1) is 21.7. The summed E-state index contributed by atoms with van der Waals surface area (Å²) in [5.74, 6) is -1.13. The summed E-state index contributed by atoms with van der Waals surface area (Å²) >= 11 is 3.35. The van der Waals surface area contributed by atoms with E-state index in [0.717, 1.165) is 17.5 Å². The van der Waals surface area contributed by atoms with Gasteiger partial charge in [-0.3, -0.25) is 9.69 Å². The molecule has 0 N–H and O–H groups in total. The number of amides is 2. The number of aromatic nitrogens is 2. The third kappa shape index (κ3) is 8.59. The average Bonchev–Trinajstić information content (AvgIpc) is 3.68. The van der Waals surface area contributed by atoms with E-state index >= 15 is 0 Å². The molecule has 1 aliphatic rings. The number of carbonyl (C=O) groups is 2. The van der Waals surface area contributed by atoms with Crippen molar-refractivity contribution in [2.45, 2.75) is 44.5 Å². The van der Waals surface area contributed by atoms with Crippen molar-refractivity contribution in [1.29, 1.82) is 0 Å². The van der Waals surface area contributed by atoms with Gasteiger partial charge in [-0.2, -0.15) is 18.2 Å². The molecule has 234 valence electrons. The van der Waals surface area contributed by atoms with Gasteiger partial charge in [-0.15, -0.1) is 0 Å². The fourth-order valence-corrected chi connectivity index (χ4v) is 5.69. The van der Waals surface area contributed by atoms with Gasteiger partial charge < -0.3 is 14.2 Å². The summed E-state index contributed by atoms with van der Waals surface area (Å²) in [4.78, 5) is 31.8. The molecule has 0 spiro atoms. The molecule has 1 saturated heterocycles. The first-order valence-corrected chi connectivity index (χ1v) is 15.1. The van der Waals surface area contributed by atoms with Crippen LogP contribution in [-0.2, 0) is 29.0 Å². The van der Waals surface area contributed by atoms with Crippen molar-refractivity contribution in [2.24, 2.45) is 0 Å². The van der Waals surface area contributed by atoms with E-state index in [9.17, 15) is 22.8 Å². The van der Waals surface area contributed by atoms with Gasteiger partial charge >= 0.3 is 18.2 Å². The van der Waals surface area contributed by atoms with E-state index in [0.29, 0.717) is 46.0 Å². The average molecular weight is 684 g/mol. The SMILES string of the molecule is O=C(OCc1ccccc1)N1CCCC1C=CCN(C(=O)C(F)(F)F)c1ccc(Cc2nc(Cc3ccccc3)no2)cc1Br. The predicted octanol–water partition coefficient (Wildman–Crippen LogP) is 7.27. The van der Waals surface area contributed by atoms with Crippen LogP contribution in [0.5, 0.6) is 0 Å². The lowest BCUT2D eigenvalue weighted by Crippen LogP contribution is -2.41. The second-order valence-corrected chi connectivity index (χ2v) is 11.4. The first-order valence-electron chi connectivity index (χ1n) is 14.3. The quantitative estimate of drug-likeness (QED) is 0.164. The van der Waals surface area contributed by atoms with Crippen LogP contribution in [0.25, 0.3) is 0 Å². The van der Waals surface area contributed by atoms with E-state index in [1.165, 1.54) is 12.1 Å². The van der Waals surface area contributed by atoms with Crippen LogP contribution < -0.4 is 4.90 Å². The molecular weight excluding hydrogens is 653 g/mol. The molecule has 45 heavy (non-hydrogen) atoms. The van der Waals surface area contributed by atoms with E-state index in [1.54, 1.807) is 23.1 Å². The van der Waals surface area contributed by atoms with Crippen LogP contribution in [0.2, 0.25) is 0 Å². The minimum atomic E-state index is -5.09. The van der Waals surface area contributed by atoms with Crippen molar-refractivity contribution in [1.82, 2.24) is 15.0 Å². The van der Waals surface area contributed by atoms with Crippen LogP contribution in [-0.4, -0.2) is 52.3 Å². The van der Waals surface area contributed by atoms with Crippen molar-refractivity contribution in [3.05, 3.63) is 124 Å². The Morgan fingerprint density at radius 1 is 1.00 bits per heavy atom. The lowest BCUT2D eigenvalue weighted by atomic mass is 10.1. The van der Waals surface area contributed by atoms with Gasteiger partial charge in [0.25, 0.3) is 0 Å². The number of halogens is 4. The number of alkyl halides is 3. The lowest BCUT2D eigenvalue weighted by Gasteiger charge is -2.25. The standard InChI is InChI=1S/C33H30BrF3N4O4/c34-27-19-25(21-30-38-29(39-45-30)20-23-9-3-1-4-10-23)15-16-28(27)41(31(42)33(35,36)37)18-8-14-26-13-7-17-40(26)32(43)44-22-24-11-5-2-6-12-24/h1-6,8-12,14-16,19,26H,7,13,17-18,20-22H2. The van der Waals surface area contributed by atoms with Gasteiger partial charge in [0.1, 0.15) is 6.61 Å². The minimum Gasteiger partial charge on any atom is -0.445 e. The third-order valence-electron chi connectivity index (χ3n) is 7.25. The molecule has 0 bridgehead atoms. The van der Waals surface area contributed by atoms with E-state index < -0.39 is 18.2 Å². The molecule has 2 amide bonds. The van der Waals surface area contributed by atoms with Gasteiger partial charge in [-0.25, -0.2) is 4.79 Å². The Hall–Kier alpha value is -4.45. The monoisotopic (exact) mass is 682 g/mol. The molecule has 1 unspecified atom stereocenters. The van der Waals surface area contributed by atoms with Gasteiger partial charge in [-0.1, -0.05) is 84.0 Å². The molecule has 0 radical (unpaired) electrons. The van der Waals surface area contributed by atoms with Crippen LogP contribution in [0.1, 0.15) is 41.2 Å². The number of ether oxygens (including phenoxy) is 1. The summed E-state index contributed by atoms with van der Waals surface area (Å²) in [5, 5.41) is 4.02. The maximum absolute atomic E-state index is 13.6. The Labute approximate surface area is 266 Å². The fourth-order valence-electron chi connectivity index (χ4n) is 5.05. The Morgan fingerprint density at radius 2 is 1.71 bits per heavy atom. The van der Waals surface area contributed by atoms with Crippen molar-refractivity contribution >= 4 is 33.6 Å². The Bertz CT molecular complexity index is 1630. The van der Waals surface area contributed by atoms with Crippen molar-refractivity contribution in [2.75, 3.05) is 18.0 Å². The zero-order valence-electron chi connectivity index (χ0n) is 24.1. The molecule has 5 rings (SSSR count). The Kier molecular flexibility index (Phi) is 10.3. The Morgan fingerprint density at radius 3 is 2.40 bits per heavy atom. The number of likely N-dealkylation sites (tertiary alicyclic amines) is 1. The highest BCUT2D eigenvalue weighted by Gasteiger charge is 2.43. The molecule has 1 aromatic heterocycles. The van der Waals surface area contributed by atoms with Crippen LogP contribution in [0.4, 0.5) is 23.7 Å².